The van der Waals surface area contributed by atoms with Crippen molar-refractivity contribution in [2.75, 3.05) is 24.6 Å². The monoisotopic (exact) mass is 302 g/mol. The number of amides is 2. The molecule has 2 fully saturated rings. The van der Waals surface area contributed by atoms with Gasteiger partial charge in [0, 0.05) is 19.5 Å². The lowest BCUT2D eigenvalue weighted by atomic mass is 9.92. The summed E-state index contributed by atoms with van der Waals surface area (Å²) in [6, 6.07) is 0. The van der Waals surface area contributed by atoms with Crippen LogP contribution in [0.25, 0.3) is 0 Å². The third-order valence-electron chi connectivity index (χ3n) is 4.21. The van der Waals surface area contributed by atoms with E-state index < -0.39 is 9.84 Å². The first-order valence-electron chi connectivity index (χ1n) is 7.15. The van der Waals surface area contributed by atoms with Crippen molar-refractivity contribution < 1.29 is 18.0 Å². The van der Waals surface area contributed by atoms with Crippen molar-refractivity contribution in [3.05, 3.63) is 0 Å². The Balaban J connectivity index is 1.88. The molecule has 0 bridgehead atoms. The van der Waals surface area contributed by atoms with E-state index >= 15 is 0 Å². The highest BCUT2D eigenvalue weighted by Gasteiger charge is 2.36. The number of sulfone groups is 1. The van der Waals surface area contributed by atoms with Gasteiger partial charge in [-0.15, -0.1) is 0 Å². The summed E-state index contributed by atoms with van der Waals surface area (Å²) >= 11 is 0. The normalized spacial score (nSPS) is 29.3. The molecule has 0 aromatic carbocycles. The number of hydrogen-bond donors (Lipinski definition) is 1. The number of primary amides is 1. The van der Waals surface area contributed by atoms with Crippen LogP contribution in [-0.2, 0) is 19.4 Å². The van der Waals surface area contributed by atoms with Crippen molar-refractivity contribution in [2.45, 2.75) is 32.1 Å². The van der Waals surface area contributed by atoms with E-state index in [9.17, 15) is 18.0 Å². The summed E-state index contributed by atoms with van der Waals surface area (Å²) in [5.74, 6) is -0.283. The number of hydrogen-bond acceptors (Lipinski definition) is 4. The first-order chi connectivity index (χ1) is 9.37. The van der Waals surface area contributed by atoms with E-state index in [4.69, 9.17) is 5.73 Å². The molecule has 0 aliphatic carbocycles. The van der Waals surface area contributed by atoms with Gasteiger partial charge in [-0.2, -0.15) is 0 Å². The molecule has 6 nitrogen and oxygen atoms in total. The lowest BCUT2D eigenvalue weighted by Gasteiger charge is -2.34. The second kappa shape index (κ2) is 6.11. The summed E-state index contributed by atoms with van der Waals surface area (Å²) in [6.45, 7) is 1.32. The Morgan fingerprint density at radius 1 is 1.25 bits per heavy atom. The molecule has 0 unspecified atom stereocenters. The summed E-state index contributed by atoms with van der Waals surface area (Å²) in [5, 5.41) is 0. The van der Waals surface area contributed by atoms with Gasteiger partial charge in [-0.3, -0.25) is 9.59 Å². The largest absolute Gasteiger partial charge is 0.370 e. The molecule has 0 spiro atoms. The zero-order chi connectivity index (χ0) is 14.8. The molecule has 114 valence electrons. The van der Waals surface area contributed by atoms with Crippen LogP contribution in [0.2, 0.25) is 0 Å². The van der Waals surface area contributed by atoms with Crippen LogP contribution in [0.4, 0.5) is 0 Å². The van der Waals surface area contributed by atoms with Crippen molar-refractivity contribution in [2.24, 2.45) is 17.6 Å². The van der Waals surface area contributed by atoms with Crippen LogP contribution >= 0.6 is 0 Å². The van der Waals surface area contributed by atoms with E-state index in [-0.39, 0.29) is 29.2 Å². The molecule has 20 heavy (non-hydrogen) atoms. The van der Waals surface area contributed by atoms with Gasteiger partial charge >= 0.3 is 0 Å². The third-order valence-corrected chi connectivity index (χ3v) is 5.98. The SMILES string of the molecule is NC(=O)CC[C@@H]1CCCN(C(=O)[C@H]2CCS(=O)(=O)C2)C1. The third kappa shape index (κ3) is 3.94. The minimum absolute atomic E-state index is 0.00567. The average molecular weight is 302 g/mol. The molecule has 2 N–H and O–H groups in total. The molecule has 2 aliphatic heterocycles. The van der Waals surface area contributed by atoms with Gasteiger partial charge < -0.3 is 10.6 Å². The van der Waals surface area contributed by atoms with Crippen LogP contribution in [0.5, 0.6) is 0 Å². The number of nitrogens with zero attached hydrogens (tertiary/aromatic N) is 1. The van der Waals surface area contributed by atoms with Crippen molar-refractivity contribution >= 4 is 21.7 Å². The average Bonchev–Trinajstić information content (AvgIpc) is 2.76. The van der Waals surface area contributed by atoms with E-state index in [1.807, 2.05) is 0 Å². The number of likely N-dealkylation sites (tertiary alicyclic amines) is 1. The Labute approximate surface area is 119 Å². The Kier molecular flexibility index (Phi) is 4.67. The van der Waals surface area contributed by atoms with E-state index in [1.54, 1.807) is 4.90 Å². The van der Waals surface area contributed by atoms with Gasteiger partial charge in [0.2, 0.25) is 11.8 Å². The second-order valence-electron chi connectivity index (χ2n) is 5.90. The van der Waals surface area contributed by atoms with Crippen molar-refractivity contribution in [3.63, 3.8) is 0 Å². The Hall–Kier alpha value is -1.11. The van der Waals surface area contributed by atoms with Crippen molar-refractivity contribution in [3.8, 4) is 0 Å². The molecular formula is C13H22N2O4S. The van der Waals surface area contributed by atoms with Gasteiger partial charge in [0.1, 0.15) is 0 Å². The van der Waals surface area contributed by atoms with Crippen LogP contribution in [0.3, 0.4) is 0 Å². The van der Waals surface area contributed by atoms with Gasteiger partial charge in [0.15, 0.2) is 9.84 Å². The highest BCUT2D eigenvalue weighted by atomic mass is 32.2. The molecule has 7 heteroatoms. The van der Waals surface area contributed by atoms with Gasteiger partial charge in [-0.25, -0.2) is 8.42 Å². The van der Waals surface area contributed by atoms with Crippen LogP contribution < -0.4 is 5.73 Å². The van der Waals surface area contributed by atoms with E-state index in [1.165, 1.54) is 0 Å². The minimum atomic E-state index is -3.02. The Morgan fingerprint density at radius 2 is 2.00 bits per heavy atom. The smallest absolute Gasteiger partial charge is 0.226 e. The van der Waals surface area contributed by atoms with Crippen LogP contribution in [0.15, 0.2) is 0 Å². The van der Waals surface area contributed by atoms with E-state index in [0.29, 0.717) is 38.3 Å². The highest BCUT2D eigenvalue weighted by molar-refractivity contribution is 7.91. The highest BCUT2D eigenvalue weighted by Crippen LogP contribution is 2.26. The number of carbonyl (C=O) groups excluding carboxylic acids is 2. The van der Waals surface area contributed by atoms with E-state index in [0.717, 1.165) is 12.8 Å². The lowest BCUT2D eigenvalue weighted by Crippen LogP contribution is -2.43. The van der Waals surface area contributed by atoms with Gasteiger partial charge in [-0.1, -0.05) is 0 Å². The maximum Gasteiger partial charge on any atom is 0.226 e. The van der Waals surface area contributed by atoms with Crippen molar-refractivity contribution in [1.82, 2.24) is 4.90 Å². The lowest BCUT2D eigenvalue weighted by molar-refractivity contribution is -0.136. The number of piperidine rings is 1. The molecular weight excluding hydrogens is 280 g/mol. The molecule has 2 saturated heterocycles. The van der Waals surface area contributed by atoms with Crippen LogP contribution in [-0.4, -0.2) is 49.7 Å². The molecule has 2 rings (SSSR count). The first-order valence-corrected chi connectivity index (χ1v) is 8.97. The number of nitrogens with two attached hydrogens (primary N) is 1. The fraction of sp³-hybridized carbons (Fsp3) is 0.846. The standard InChI is InChI=1S/C13H22N2O4S/c14-12(16)4-3-10-2-1-6-15(8-10)13(17)11-5-7-20(18,19)9-11/h10-11H,1-9H2,(H2,14,16)/t10-,11-/m0/s1. The summed E-state index contributed by atoms with van der Waals surface area (Å²) in [6.07, 6.45) is 3.42. The Morgan fingerprint density at radius 3 is 2.60 bits per heavy atom. The van der Waals surface area contributed by atoms with Crippen LogP contribution in [0, 0.1) is 11.8 Å². The number of rotatable bonds is 4. The maximum atomic E-state index is 12.3. The second-order valence-corrected chi connectivity index (χ2v) is 8.13. The number of carbonyl (C=O) groups is 2. The Bertz CT molecular complexity index is 489. The predicted molar refractivity (Wildman–Crippen MR) is 74.5 cm³/mol. The molecule has 0 aromatic rings. The quantitative estimate of drug-likeness (QED) is 0.785. The minimum Gasteiger partial charge on any atom is -0.370 e. The first kappa shape index (κ1) is 15.3. The molecule has 2 atom stereocenters. The maximum absolute atomic E-state index is 12.3. The molecule has 0 saturated carbocycles. The topological polar surface area (TPSA) is 97.5 Å². The fourth-order valence-corrected chi connectivity index (χ4v) is 4.83. The summed E-state index contributed by atoms with van der Waals surface area (Å²) in [4.78, 5) is 24.9. The molecule has 0 aromatic heterocycles. The molecule has 0 radical (unpaired) electrons. The molecule has 2 heterocycles. The summed E-state index contributed by atoms with van der Waals surface area (Å²) in [7, 11) is -3.02. The van der Waals surface area contributed by atoms with E-state index in [2.05, 4.69) is 0 Å². The molecule has 2 amide bonds. The summed E-state index contributed by atoms with van der Waals surface area (Å²) in [5.41, 5.74) is 5.15. The fourth-order valence-electron chi connectivity index (χ4n) is 3.10. The van der Waals surface area contributed by atoms with Gasteiger partial charge in [-0.05, 0) is 31.6 Å². The predicted octanol–water partition coefficient (Wildman–Crippen LogP) is -0.0748. The van der Waals surface area contributed by atoms with Crippen molar-refractivity contribution in [1.29, 1.82) is 0 Å². The van der Waals surface area contributed by atoms with Crippen LogP contribution in [0.1, 0.15) is 32.1 Å². The molecule has 2 aliphatic rings. The zero-order valence-corrected chi connectivity index (χ0v) is 12.4. The summed E-state index contributed by atoms with van der Waals surface area (Å²) < 4.78 is 22.9. The van der Waals surface area contributed by atoms with Gasteiger partial charge in [0.05, 0.1) is 17.4 Å². The zero-order valence-electron chi connectivity index (χ0n) is 11.6. The van der Waals surface area contributed by atoms with Gasteiger partial charge in [0.25, 0.3) is 0 Å².